The van der Waals surface area contributed by atoms with Gasteiger partial charge in [-0.2, -0.15) is 0 Å². The van der Waals surface area contributed by atoms with E-state index in [9.17, 15) is 4.79 Å². The second-order valence-electron chi connectivity index (χ2n) is 3.30. The molecule has 0 aromatic rings. The van der Waals surface area contributed by atoms with E-state index in [0.717, 1.165) is 32.6 Å². The molecule has 0 saturated carbocycles. The van der Waals surface area contributed by atoms with Crippen molar-refractivity contribution in [2.75, 3.05) is 26.3 Å². The van der Waals surface area contributed by atoms with Crippen LogP contribution in [0.15, 0.2) is 0 Å². The fourth-order valence-corrected chi connectivity index (χ4v) is 1.42. The lowest BCUT2D eigenvalue weighted by Crippen LogP contribution is -2.36. The number of carbonyl (C=O) groups is 1. The van der Waals surface area contributed by atoms with Gasteiger partial charge in [-0.3, -0.25) is 0 Å². The quantitative estimate of drug-likeness (QED) is 0.680. The summed E-state index contributed by atoms with van der Waals surface area (Å²) in [6.45, 7) is 5.07. The zero-order valence-electron chi connectivity index (χ0n) is 8.14. The Kier molecular flexibility index (Phi) is 4.60. The summed E-state index contributed by atoms with van der Waals surface area (Å²) in [6, 6.07) is -0.0681. The first-order chi connectivity index (χ1) is 6.33. The van der Waals surface area contributed by atoms with E-state index >= 15 is 0 Å². The van der Waals surface area contributed by atoms with Gasteiger partial charge in [-0.25, -0.2) is 4.79 Å². The van der Waals surface area contributed by atoms with Crippen LogP contribution in [0.5, 0.6) is 0 Å². The fraction of sp³-hybridized carbons (Fsp3) is 0.889. The van der Waals surface area contributed by atoms with Gasteiger partial charge >= 0.3 is 6.03 Å². The summed E-state index contributed by atoms with van der Waals surface area (Å²) in [5.74, 6) is 0.641. The van der Waals surface area contributed by atoms with Gasteiger partial charge in [-0.15, -0.1) is 0 Å². The lowest BCUT2D eigenvalue weighted by Gasteiger charge is -2.08. The van der Waals surface area contributed by atoms with E-state index in [0.29, 0.717) is 12.5 Å². The maximum atomic E-state index is 11.0. The van der Waals surface area contributed by atoms with E-state index in [2.05, 4.69) is 10.6 Å². The second kappa shape index (κ2) is 5.80. The van der Waals surface area contributed by atoms with Gasteiger partial charge in [0.1, 0.15) is 0 Å². The highest BCUT2D eigenvalue weighted by Gasteiger charge is 2.14. The first kappa shape index (κ1) is 10.3. The normalized spacial score (nSPS) is 21.5. The van der Waals surface area contributed by atoms with Crippen LogP contribution in [-0.2, 0) is 4.74 Å². The molecule has 13 heavy (non-hydrogen) atoms. The van der Waals surface area contributed by atoms with Crippen molar-refractivity contribution in [1.29, 1.82) is 0 Å². The molecule has 76 valence electrons. The maximum Gasteiger partial charge on any atom is 0.314 e. The SMILES string of the molecule is CCNC(=O)NCCC1CCOC1. The van der Waals surface area contributed by atoms with E-state index in [4.69, 9.17) is 4.74 Å². The molecule has 4 nitrogen and oxygen atoms in total. The summed E-state index contributed by atoms with van der Waals surface area (Å²) in [5.41, 5.74) is 0. The standard InChI is InChI=1S/C9H18N2O2/c1-2-10-9(12)11-5-3-8-4-6-13-7-8/h8H,2-7H2,1H3,(H2,10,11,12). The van der Waals surface area contributed by atoms with E-state index in [-0.39, 0.29) is 6.03 Å². The maximum absolute atomic E-state index is 11.0. The smallest absolute Gasteiger partial charge is 0.314 e. The average molecular weight is 186 g/mol. The van der Waals surface area contributed by atoms with E-state index in [1.54, 1.807) is 0 Å². The van der Waals surface area contributed by atoms with Crippen molar-refractivity contribution in [1.82, 2.24) is 10.6 Å². The van der Waals surface area contributed by atoms with Gasteiger partial charge in [0.25, 0.3) is 0 Å². The molecule has 4 heteroatoms. The lowest BCUT2D eigenvalue weighted by atomic mass is 10.1. The van der Waals surface area contributed by atoms with E-state index < -0.39 is 0 Å². The van der Waals surface area contributed by atoms with Gasteiger partial charge in [0.2, 0.25) is 0 Å². The van der Waals surface area contributed by atoms with Crippen LogP contribution in [0, 0.1) is 5.92 Å². The first-order valence-electron chi connectivity index (χ1n) is 4.92. The van der Waals surface area contributed by atoms with E-state index in [1.165, 1.54) is 0 Å². The Morgan fingerprint density at radius 3 is 3.00 bits per heavy atom. The molecular weight excluding hydrogens is 168 g/mol. The largest absolute Gasteiger partial charge is 0.381 e. The van der Waals surface area contributed by atoms with Crippen molar-refractivity contribution in [3.63, 3.8) is 0 Å². The summed E-state index contributed by atoms with van der Waals surface area (Å²) >= 11 is 0. The highest BCUT2D eigenvalue weighted by molar-refractivity contribution is 5.73. The molecule has 2 amide bonds. The van der Waals surface area contributed by atoms with Crippen molar-refractivity contribution in [3.05, 3.63) is 0 Å². The highest BCUT2D eigenvalue weighted by atomic mass is 16.5. The van der Waals surface area contributed by atoms with Gasteiger partial charge in [0, 0.05) is 26.3 Å². The fourth-order valence-electron chi connectivity index (χ4n) is 1.42. The Morgan fingerprint density at radius 1 is 1.54 bits per heavy atom. The molecule has 1 atom stereocenters. The molecular formula is C9H18N2O2. The summed E-state index contributed by atoms with van der Waals surface area (Å²) in [4.78, 5) is 11.0. The van der Waals surface area contributed by atoms with Crippen molar-refractivity contribution in [2.24, 2.45) is 5.92 Å². The van der Waals surface area contributed by atoms with Crippen molar-refractivity contribution in [2.45, 2.75) is 19.8 Å². The molecule has 0 spiro atoms. The molecule has 0 aromatic carbocycles. The molecule has 1 rings (SSSR count). The number of rotatable bonds is 4. The van der Waals surface area contributed by atoms with Gasteiger partial charge in [-0.05, 0) is 25.7 Å². The predicted octanol–water partition coefficient (Wildman–Crippen LogP) is 0.732. The Hall–Kier alpha value is -0.770. The van der Waals surface area contributed by atoms with Crippen molar-refractivity contribution >= 4 is 6.03 Å². The van der Waals surface area contributed by atoms with E-state index in [1.807, 2.05) is 6.92 Å². The first-order valence-corrected chi connectivity index (χ1v) is 4.92. The summed E-state index contributed by atoms with van der Waals surface area (Å²) in [5, 5.41) is 5.49. The highest BCUT2D eigenvalue weighted by Crippen LogP contribution is 2.14. The van der Waals surface area contributed by atoms with Crippen LogP contribution in [0.25, 0.3) is 0 Å². The molecule has 0 radical (unpaired) electrons. The third-order valence-corrected chi connectivity index (χ3v) is 2.20. The van der Waals surface area contributed by atoms with Crippen LogP contribution in [0.1, 0.15) is 19.8 Å². The summed E-state index contributed by atoms with van der Waals surface area (Å²) in [6.07, 6.45) is 2.16. The molecule has 2 N–H and O–H groups in total. The average Bonchev–Trinajstić information content (AvgIpc) is 2.57. The Labute approximate surface area is 79.0 Å². The zero-order valence-corrected chi connectivity index (χ0v) is 8.14. The minimum Gasteiger partial charge on any atom is -0.381 e. The van der Waals surface area contributed by atoms with Gasteiger partial charge in [0.15, 0.2) is 0 Å². The van der Waals surface area contributed by atoms with Crippen LogP contribution in [-0.4, -0.2) is 32.3 Å². The van der Waals surface area contributed by atoms with Crippen LogP contribution < -0.4 is 10.6 Å². The number of carbonyl (C=O) groups excluding carboxylic acids is 1. The molecule has 1 heterocycles. The number of ether oxygens (including phenoxy) is 1. The minimum atomic E-state index is -0.0681. The molecule has 0 bridgehead atoms. The Balaban J connectivity index is 1.96. The summed E-state index contributed by atoms with van der Waals surface area (Å²) < 4.78 is 5.23. The van der Waals surface area contributed by atoms with Crippen LogP contribution in [0.3, 0.4) is 0 Å². The Morgan fingerprint density at radius 2 is 2.38 bits per heavy atom. The van der Waals surface area contributed by atoms with Crippen LogP contribution >= 0.6 is 0 Å². The molecule has 1 fully saturated rings. The number of hydrogen-bond donors (Lipinski definition) is 2. The van der Waals surface area contributed by atoms with Crippen molar-refractivity contribution in [3.8, 4) is 0 Å². The third-order valence-electron chi connectivity index (χ3n) is 2.20. The zero-order chi connectivity index (χ0) is 9.52. The Bertz CT molecular complexity index is 156. The molecule has 0 aromatic heterocycles. The van der Waals surface area contributed by atoms with Crippen LogP contribution in [0.4, 0.5) is 4.79 Å². The predicted molar refractivity (Wildman–Crippen MR) is 50.6 cm³/mol. The number of hydrogen-bond acceptors (Lipinski definition) is 2. The van der Waals surface area contributed by atoms with Gasteiger partial charge < -0.3 is 15.4 Å². The molecule has 1 aliphatic heterocycles. The lowest BCUT2D eigenvalue weighted by molar-refractivity contribution is 0.184. The molecule has 1 aliphatic rings. The number of amides is 2. The van der Waals surface area contributed by atoms with Crippen LogP contribution in [0.2, 0.25) is 0 Å². The molecule has 0 aliphatic carbocycles. The number of nitrogens with one attached hydrogen (secondary N) is 2. The monoisotopic (exact) mass is 186 g/mol. The molecule has 1 unspecified atom stereocenters. The molecule has 1 saturated heterocycles. The minimum absolute atomic E-state index is 0.0681. The topological polar surface area (TPSA) is 50.4 Å². The van der Waals surface area contributed by atoms with Gasteiger partial charge in [0.05, 0.1) is 0 Å². The second-order valence-corrected chi connectivity index (χ2v) is 3.30. The summed E-state index contributed by atoms with van der Waals surface area (Å²) in [7, 11) is 0. The number of urea groups is 1. The third kappa shape index (κ3) is 4.12. The van der Waals surface area contributed by atoms with Gasteiger partial charge in [-0.1, -0.05) is 0 Å². The van der Waals surface area contributed by atoms with Crippen molar-refractivity contribution < 1.29 is 9.53 Å².